The largest absolute Gasteiger partial charge is 0.494 e. The summed E-state index contributed by atoms with van der Waals surface area (Å²) in [6.07, 6.45) is 3.63. The van der Waals surface area contributed by atoms with Crippen LogP contribution in [0.4, 0.5) is 4.39 Å². The highest BCUT2D eigenvalue weighted by molar-refractivity contribution is 7.89. The summed E-state index contributed by atoms with van der Waals surface area (Å²) in [5.74, 6) is -0.732. The molecule has 0 aliphatic heterocycles. The molecule has 2 aromatic heterocycles. The first-order chi connectivity index (χ1) is 11.5. The van der Waals surface area contributed by atoms with E-state index in [0.717, 1.165) is 6.20 Å². The van der Waals surface area contributed by atoms with Gasteiger partial charge in [-0.05, 0) is 22.6 Å². The topological polar surface area (TPSA) is 128 Å². The van der Waals surface area contributed by atoms with Crippen molar-refractivity contribution in [1.82, 2.24) is 35.1 Å². The Labute approximate surface area is 135 Å². The second kappa shape index (κ2) is 6.33. The maximum absolute atomic E-state index is 14.6. The number of nitrogens with one attached hydrogen (secondary N) is 2. The number of sulfonamides is 1. The lowest BCUT2D eigenvalue weighted by Gasteiger charge is -2.13. The van der Waals surface area contributed by atoms with E-state index in [1.807, 2.05) is 0 Å². The van der Waals surface area contributed by atoms with Gasteiger partial charge in [-0.3, -0.25) is 5.10 Å². The van der Waals surface area contributed by atoms with Crippen LogP contribution in [0.3, 0.4) is 0 Å². The number of tetrazole rings is 1. The molecule has 0 spiro atoms. The van der Waals surface area contributed by atoms with E-state index in [1.165, 1.54) is 36.4 Å². The molecule has 2 heterocycles. The number of H-pyrrole nitrogens is 1. The monoisotopic (exact) mass is 353 g/mol. The Bertz CT molecular complexity index is 926. The number of aromatic amines is 1. The van der Waals surface area contributed by atoms with Crippen LogP contribution in [-0.4, -0.2) is 45.9 Å². The van der Waals surface area contributed by atoms with Crippen LogP contribution in [0, 0.1) is 5.82 Å². The minimum absolute atomic E-state index is 0.0238. The second-order valence-electron chi connectivity index (χ2n) is 4.59. The smallest absolute Gasteiger partial charge is 0.243 e. The van der Waals surface area contributed by atoms with Crippen molar-refractivity contribution in [2.45, 2.75) is 11.4 Å². The van der Waals surface area contributed by atoms with Crippen LogP contribution in [0.1, 0.15) is 5.56 Å². The first kappa shape index (κ1) is 16.0. The Kier molecular flexibility index (Phi) is 4.22. The number of nitrogens with zero attached hydrogens (tertiary/aromatic N) is 5. The molecule has 3 rings (SSSR count). The van der Waals surface area contributed by atoms with Gasteiger partial charge < -0.3 is 4.74 Å². The number of aromatic nitrogens is 6. The van der Waals surface area contributed by atoms with Crippen molar-refractivity contribution in [2.75, 3.05) is 7.11 Å². The van der Waals surface area contributed by atoms with Gasteiger partial charge in [-0.25, -0.2) is 22.2 Å². The third-order valence-corrected chi connectivity index (χ3v) is 4.59. The van der Waals surface area contributed by atoms with Gasteiger partial charge in [0.2, 0.25) is 10.0 Å². The van der Waals surface area contributed by atoms with Crippen molar-refractivity contribution in [1.29, 1.82) is 0 Å². The Morgan fingerprint density at radius 1 is 1.42 bits per heavy atom. The van der Waals surface area contributed by atoms with Crippen molar-refractivity contribution in [2.24, 2.45) is 0 Å². The number of rotatable bonds is 6. The van der Waals surface area contributed by atoms with Crippen LogP contribution in [0.25, 0.3) is 5.69 Å². The Morgan fingerprint density at radius 2 is 2.25 bits per heavy atom. The van der Waals surface area contributed by atoms with Gasteiger partial charge in [0.1, 0.15) is 11.2 Å². The van der Waals surface area contributed by atoms with Crippen molar-refractivity contribution in [3.05, 3.63) is 42.2 Å². The minimum atomic E-state index is -3.85. The van der Waals surface area contributed by atoms with Crippen LogP contribution < -0.4 is 9.46 Å². The normalized spacial score (nSPS) is 11.6. The molecule has 0 amide bonds. The highest BCUT2D eigenvalue weighted by atomic mass is 32.2. The number of methoxy groups -OCH3 is 1. The van der Waals surface area contributed by atoms with E-state index in [9.17, 15) is 12.8 Å². The maximum Gasteiger partial charge on any atom is 0.243 e. The van der Waals surface area contributed by atoms with Crippen LogP contribution in [-0.2, 0) is 16.6 Å². The molecule has 0 saturated carbocycles. The molecule has 0 aliphatic rings. The molecule has 3 aromatic rings. The highest BCUT2D eigenvalue weighted by Crippen LogP contribution is 2.26. The van der Waals surface area contributed by atoms with E-state index in [1.54, 1.807) is 0 Å². The van der Waals surface area contributed by atoms with Crippen molar-refractivity contribution >= 4 is 10.0 Å². The zero-order chi connectivity index (χ0) is 17.2. The SMILES string of the molecule is COc1ccc(-n2cnnn2)c(CNS(=O)(=O)c2cn[nH]c2)c1F. The number of halogens is 1. The van der Waals surface area contributed by atoms with Gasteiger partial charge in [-0.15, -0.1) is 5.10 Å². The number of ether oxygens (including phenoxy) is 1. The highest BCUT2D eigenvalue weighted by Gasteiger charge is 2.20. The van der Waals surface area contributed by atoms with E-state index >= 15 is 0 Å². The van der Waals surface area contributed by atoms with Crippen molar-refractivity contribution in [3.63, 3.8) is 0 Å². The van der Waals surface area contributed by atoms with E-state index in [-0.39, 0.29) is 28.4 Å². The van der Waals surface area contributed by atoms with Gasteiger partial charge in [0.25, 0.3) is 0 Å². The van der Waals surface area contributed by atoms with E-state index in [4.69, 9.17) is 4.74 Å². The Morgan fingerprint density at radius 3 is 2.88 bits per heavy atom. The fourth-order valence-electron chi connectivity index (χ4n) is 2.04. The van der Waals surface area contributed by atoms with Gasteiger partial charge in [0, 0.05) is 18.3 Å². The summed E-state index contributed by atoms with van der Waals surface area (Å²) < 4.78 is 47.4. The van der Waals surface area contributed by atoms with Crippen molar-refractivity contribution < 1.29 is 17.5 Å². The average molecular weight is 353 g/mol. The van der Waals surface area contributed by atoms with Crippen LogP contribution in [0.15, 0.2) is 35.7 Å². The fourth-order valence-corrected chi connectivity index (χ4v) is 2.94. The summed E-state index contributed by atoms with van der Waals surface area (Å²) in [6.45, 7) is -0.328. The molecule has 1 aromatic carbocycles. The summed E-state index contributed by atoms with van der Waals surface area (Å²) >= 11 is 0. The lowest BCUT2D eigenvalue weighted by molar-refractivity contribution is 0.383. The Balaban J connectivity index is 1.97. The average Bonchev–Trinajstić information content (AvgIpc) is 3.26. The van der Waals surface area contributed by atoms with E-state index in [0.29, 0.717) is 0 Å². The summed E-state index contributed by atoms with van der Waals surface area (Å²) in [6, 6.07) is 2.93. The zero-order valence-corrected chi connectivity index (χ0v) is 13.2. The summed E-state index contributed by atoms with van der Waals surface area (Å²) in [7, 11) is -2.54. The van der Waals surface area contributed by atoms with Gasteiger partial charge in [0.15, 0.2) is 11.6 Å². The summed E-state index contributed by atoms with van der Waals surface area (Å²) in [5, 5.41) is 16.7. The van der Waals surface area contributed by atoms with Crippen LogP contribution >= 0.6 is 0 Å². The first-order valence-corrected chi connectivity index (χ1v) is 8.08. The lowest BCUT2D eigenvalue weighted by atomic mass is 10.1. The van der Waals surface area contributed by atoms with Crippen LogP contribution in [0.5, 0.6) is 5.75 Å². The molecular formula is C12H12FN7O3S. The van der Waals surface area contributed by atoms with E-state index < -0.39 is 15.8 Å². The van der Waals surface area contributed by atoms with E-state index in [2.05, 4.69) is 30.4 Å². The van der Waals surface area contributed by atoms with Crippen molar-refractivity contribution in [3.8, 4) is 11.4 Å². The quantitative estimate of drug-likeness (QED) is 0.639. The maximum atomic E-state index is 14.6. The molecule has 2 N–H and O–H groups in total. The number of hydrogen-bond acceptors (Lipinski definition) is 7. The zero-order valence-electron chi connectivity index (χ0n) is 12.3. The molecule has 0 saturated heterocycles. The molecule has 0 fully saturated rings. The van der Waals surface area contributed by atoms with Gasteiger partial charge in [-0.1, -0.05) is 0 Å². The molecular weight excluding hydrogens is 341 g/mol. The van der Waals surface area contributed by atoms with Gasteiger partial charge in [-0.2, -0.15) is 5.10 Å². The molecule has 24 heavy (non-hydrogen) atoms. The first-order valence-electron chi connectivity index (χ1n) is 6.60. The third-order valence-electron chi connectivity index (χ3n) is 3.22. The van der Waals surface area contributed by atoms with Gasteiger partial charge >= 0.3 is 0 Å². The molecule has 10 nitrogen and oxygen atoms in total. The molecule has 12 heteroatoms. The second-order valence-corrected chi connectivity index (χ2v) is 6.36. The summed E-state index contributed by atoms with van der Waals surface area (Å²) in [5.41, 5.74) is 0.321. The summed E-state index contributed by atoms with van der Waals surface area (Å²) in [4.78, 5) is -0.0604. The predicted octanol–water partition coefficient (Wildman–Crippen LogP) is 0.0116. The Hall–Kier alpha value is -2.86. The lowest BCUT2D eigenvalue weighted by Crippen LogP contribution is -2.24. The predicted molar refractivity (Wildman–Crippen MR) is 78.3 cm³/mol. The van der Waals surface area contributed by atoms with Crippen LogP contribution in [0.2, 0.25) is 0 Å². The molecule has 126 valence electrons. The molecule has 0 radical (unpaired) electrons. The molecule has 0 unspecified atom stereocenters. The minimum Gasteiger partial charge on any atom is -0.494 e. The van der Waals surface area contributed by atoms with Gasteiger partial charge in [0.05, 0.1) is 19.0 Å². The molecule has 0 bridgehead atoms. The molecule has 0 atom stereocenters. The fraction of sp³-hybridized carbons (Fsp3) is 0.167. The third kappa shape index (κ3) is 2.96. The number of hydrogen-bond donors (Lipinski definition) is 2. The molecule has 0 aliphatic carbocycles. The standard InChI is InChI=1S/C12H12FN7O3S/c1-23-11-3-2-10(20-7-16-18-19-20)9(12(11)13)6-17-24(21,22)8-4-14-15-5-8/h2-5,7,17H,6H2,1H3,(H,14,15). The number of benzene rings is 1.